The van der Waals surface area contributed by atoms with Crippen LogP contribution in [0.25, 0.3) is 0 Å². The number of nitrogens with one attached hydrogen (secondary N) is 2. The molecule has 2 amide bonds. The maximum absolute atomic E-state index is 13.5. The van der Waals surface area contributed by atoms with Crippen molar-refractivity contribution in [3.05, 3.63) is 59.3 Å². The van der Waals surface area contributed by atoms with Gasteiger partial charge >= 0.3 is 11.9 Å². The molecule has 0 aliphatic heterocycles. The third-order valence-corrected chi connectivity index (χ3v) is 2.67. The van der Waals surface area contributed by atoms with Crippen molar-refractivity contribution in [1.82, 2.24) is 10.9 Å². The zero-order valence-corrected chi connectivity index (χ0v) is 11.4. The maximum Gasteiger partial charge on any atom is 0.340 e. The number of carbonyl (C=O) groups is 3. The molecule has 1 heterocycles. The first kappa shape index (κ1) is 15.2. The molecule has 0 aliphatic rings. The lowest BCUT2D eigenvalue weighted by molar-refractivity contribution is 0.0595. The van der Waals surface area contributed by atoms with Crippen molar-refractivity contribution in [2.24, 2.45) is 0 Å². The van der Waals surface area contributed by atoms with E-state index in [-0.39, 0.29) is 16.9 Å². The maximum atomic E-state index is 13.5. The number of benzene rings is 1. The first-order chi connectivity index (χ1) is 10.5. The van der Waals surface area contributed by atoms with Crippen LogP contribution in [-0.2, 0) is 4.74 Å². The minimum atomic E-state index is -0.910. The first-order valence-electron chi connectivity index (χ1n) is 6.05. The summed E-state index contributed by atoms with van der Waals surface area (Å²) in [6.45, 7) is 0. The summed E-state index contributed by atoms with van der Waals surface area (Å²) in [4.78, 5) is 34.8. The molecule has 22 heavy (non-hydrogen) atoms. The Balaban J connectivity index is 2.07. The van der Waals surface area contributed by atoms with Crippen LogP contribution in [0.2, 0.25) is 0 Å². The van der Waals surface area contributed by atoms with Gasteiger partial charge in [-0.15, -0.1) is 0 Å². The average Bonchev–Trinajstić information content (AvgIpc) is 3.06. The molecule has 8 heteroatoms. The average molecular weight is 306 g/mol. The Morgan fingerprint density at radius 2 is 1.86 bits per heavy atom. The van der Waals surface area contributed by atoms with Crippen molar-refractivity contribution in [1.29, 1.82) is 0 Å². The van der Waals surface area contributed by atoms with Gasteiger partial charge < -0.3 is 9.15 Å². The number of ether oxygens (including phenoxy) is 1. The molecule has 2 rings (SSSR count). The summed E-state index contributed by atoms with van der Waals surface area (Å²) in [6, 6.07) is 6.06. The fourth-order valence-electron chi connectivity index (χ4n) is 1.59. The predicted octanol–water partition coefficient (Wildman–Crippen LogP) is 1.28. The molecular weight excluding hydrogens is 295 g/mol. The number of furan rings is 1. The third kappa shape index (κ3) is 3.29. The van der Waals surface area contributed by atoms with E-state index in [1.54, 1.807) is 0 Å². The quantitative estimate of drug-likeness (QED) is 0.657. The van der Waals surface area contributed by atoms with E-state index < -0.39 is 23.6 Å². The van der Waals surface area contributed by atoms with Gasteiger partial charge in [-0.2, -0.15) is 0 Å². The number of halogens is 1. The second-order valence-corrected chi connectivity index (χ2v) is 4.07. The lowest BCUT2D eigenvalue weighted by Crippen LogP contribution is -2.41. The molecule has 0 aliphatic carbocycles. The number of amides is 2. The minimum absolute atomic E-state index is 0.00894. The number of rotatable bonds is 3. The largest absolute Gasteiger partial charge is 0.465 e. The molecule has 0 fully saturated rings. The smallest absolute Gasteiger partial charge is 0.340 e. The van der Waals surface area contributed by atoms with Gasteiger partial charge in [0.15, 0.2) is 5.76 Å². The van der Waals surface area contributed by atoms with Crippen molar-refractivity contribution in [3.8, 4) is 0 Å². The van der Waals surface area contributed by atoms with Gasteiger partial charge in [-0.05, 0) is 30.3 Å². The van der Waals surface area contributed by atoms with Gasteiger partial charge in [0.05, 0.1) is 18.9 Å². The molecule has 7 nitrogen and oxygen atoms in total. The summed E-state index contributed by atoms with van der Waals surface area (Å²) in [5.74, 6) is -3.11. The van der Waals surface area contributed by atoms with Crippen LogP contribution in [0, 0.1) is 5.82 Å². The van der Waals surface area contributed by atoms with E-state index in [0.717, 1.165) is 25.3 Å². The Morgan fingerprint density at radius 1 is 1.14 bits per heavy atom. The Labute approximate surface area is 124 Å². The summed E-state index contributed by atoms with van der Waals surface area (Å²) in [5.41, 5.74) is 3.83. The van der Waals surface area contributed by atoms with Crippen LogP contribution in [0.4, 0.5) is 4.39 Å². The van der Waals surface area contributed by atoms with E-state index in [1.807, 2.05) is 0 Å². The van der Waals surface area contributed by atoms with Crippen LogP contribution in [0.15, 0.2) is 41.0 Å². The third-order valence-electron chi connectivity index (χ3n) is 2.67. The van der Waals surface area contributed by atoms with Gasteiger partial charge in [-0.25, -0.2) is 9.18 Å². The molecule has 0 atom stereocenters. The van der Waals surface area contributed by atoms with E-state index in [2.05, 4.69) is 15.6 Å². The van der Waals surface area contributed by atoms with Gasteiger partial charge in [0.25, 0.3) is 5.91 Å². The highest BCUT2D eigenvalue weighted by Crippen LogP contribution is 2.11. The molecule has 1 aromatic heterocycles. The minimum Gasteiger partial charge on any atom is -0.465 e. The van der Waals surface area contributed by atoms with E-state index in [0.29, 0.717) is 0 Å². The molecule has 0 bridgehead atoms. The highest BCUT2D eigenvalue weighted by molar-refractivity contribution is 6.00. The summed E-state index contributed by atoms with van der Waals surface area (Å²) in [5, 5.41) is 0. The summed E-state index contributed by atoms with van der Waals surface area (Å²) in [7, 11) is 1.10. The predicted molar refractivity (Wildman–Crippen MR) is 71.4 cm³/mol. The molecule has 114 valence electrons. The fraction of sp³-hybridized carbons (Fsp3) is 0.0714. The normalized spacial score (nSPS) is 9.91. The van der Waals surface area contributed by atoms with Crippen LogP contribution in [-0.4, -0.2) is 24.9 Å². The van der Waals surface area contributed by atoms with Gasteiger partial charge in [0, 0.05) is 5.56 Å². The fourth-order valence-corrected chi connectivity index (χ4v) is 1.59. The SMILES string of the molecule is COC(=O)c1cc(C(=O)NNC(=O)c2ccco2)ccc1F. The number of hydrogen-bond acceptors (Lipinski definition) is 5. The summed E-state index contributed by atoms with van der Waals surface area (Å²) >= 11 is 0. The number of hydrazine groups is 1. The Morgan fingerprint density at radius 3 is 2.50 bits per heavy atom. The molecule has 0 saturated carbocycles. The van der Waals surface area contributed by atoms with Crippen molar-refractivity contribution in [3.63, 3.8) is 0 Å². The van der Waals surface area contributed by atoms with Gasteiger partial charge in [0.2, 0.25) is 0 Å². The number of carbonyl (C=O) groups excluding carboxylic acids is 3. The van der Waals surface area contributed by atoms with Crippen LogP contribution in [0.3, 0.4) is 0 Å². The topological polar surface area (TPSA) is 97.6 Å². The zero-order chi connectivity index (χ0) is 16.1. The lowest BCUT2D eigenvalue weighted by atomic mass is 10.1. The Bertz CT molecular complexity index is 712. The van der Waals surface area contributed by atoms with Crippen molar-refractivity contribution < 1.29 is 27.9 Å². The van der Waals surface area contributed by atoms with Gasteiger partial charge in [-0.3, -0.25) is 20.4 Å². The number of methoxy groups -OCH3 is 1. The molecule has 0 spiro atoms. The van der Waals surface area contributed by atoms with E-state index in [1.165, 1.54) is 18.4 Å². The van der Waals surface area contributed by atoms with Gasteiger partial charge in [0.1, 0.15) is 5.82 Å². The van der Waals surface area contributed by atoms with E-state index in [4.69, 9.17) is 4.42 Å². The highest BCUT2D eigenvalue weighted by atomic mass is 19.1. The molecule has 0 unspecified atom stereocenters. The number of esters is 1. The number of hydrogen-bond donors (Lipinski definition) is 2. The Hall–Kier alpha value is -3.16. The van der Waals surface area contributed by atoms with Crippen molar-refractivity contribution >= 4 is 17.8 Å². The van der Waals surface area contributed by atoms with E-state index >= 15 is 0 Å². The first-order valence-corrected chi connectivity index (χ1v) is 6.05. The zero-order valence-electron chi connectivity index (χ0n) is 11.4. The standard InChI is InChI=1S/C14H11FN2O5/c1-21-14(20)9-7-8(4-5-10(9)15)12(18)16-17-13(19)11-3-2-6-22-11/h2-7H,1H3,(H,16,18)(H,17,19). The highest BCUT2D eigenvalue weighted by Gasteiger charge is 2.16. The molecular formula is C14H11FN2O5. The second-order valence-electron chi connectivity index (χ2n) is 4.07. The van der Waals surface area contributed by atoms with E-state index in [9.17, 15) is 18.8 Å². The van der Waals surface area contributed by atoms with Crippen molar-refractivity contribution in [2.75, 3.05) is 7.11 Å². The molecule has 0 radical (unpaired) electrons. The van der Waals surface area contributed by atoms with Crippen molar-refractivity contribution in [2.45, 2.75) is 0 Å². The molecule has 1 aromatic carbocycles. The monoisotopic (exact) mass is 306 g/mol. The summed E-state index contributed by atoms with van der Waals surface area (Å²) < 4.78 is 22.7. The molecule has 0 saturated heterocycles. The lowest BCUT2D eigenvalue weighted by Gasteiger charge is -2.07. The second kappa shape index (κ2) is 6.53. The van der Waals surface area contributed by atoms with Gasteiger partial charge in [-0.1, -0.05) is 0 Å². The van der Waals surface area contributed by atoms with Crippen LogP contribution >= 0.6 is 0 Å². The molecule has 2 N–H and O–H groups in total. The van der Waals surface area contributed by atoms with Crippen LogP contribution < -0.4 is 10.9 Å². The Kier molecular flexibility index (Phi) is 4.52. The van der Waals surface area contributed by atoms with Crippen LogP contribution in [0.5, 0.6) is 0 Å². The summed E-state index contributed by atoms with van der Waals surface area (Å²) in [6.07, 6.45) is 1.30. The molecule has 2 aromatic rings. The van der Waals surface area contributed by atoms with Crippen LogP contribution in [0.1, 0.15) is 31.3 Å².